The highest BCUT2D eigenvalue weighted by molar-refractivity contribution is 5.44. The highest BCUT2D eigenvalue weighted by Crippen LogP contribution is 2.32. The second-order valence-electron chi connectivity index (χ2n) is 5.34. The van der Waals surface area contributed by atoms with Gasteiger partial charge >= 0.3 is 0 Å². The van der Waals surface area contributed by atoms with E-state index in [4.69, 9.17) is 9.47 Å². The molecule has 0 atom stereocenters. The summed E-state index contributed by atoms with van der Waals surface area (Å²) >= 11 is 0. The van der Waals surface area contributed by atoms with E-state index >= 15 is 0 Å². The molecule has 0 spiro atoms. The van der Waals surface area contributed by atoms with Gasteiger partial charge in [-0.3, -0.25) is 0 Å². The molecule has 0 aliphatic carbocycles. The lowest BCUT2D eigenvalue weighted by Crippen LogP contribution is -2.13. The zero-order chi connectivity index (χ0) is 13.0. The third-order valence-electron chi connectivity index (χ3n) is 2.44. The second kappa shape index (κ2) is 5.32. The van der Waals surface area contributed by atoms with Crippen LogP contribution >= 0.6 is 0 Å². The van der Waals surface area contributed by atoms with Crippen molar-refractivity contribution < 1.29 is 9.47 Å². The topological polar surface area (TPSA) is 30.5 Å². The number of benzene rings is 1. The Kier molecular flexibility index (Phi) is 3.78. The fraction of sp³-hybridized carbons (Fsp3) is 0.467. The molecule has 0 saturated carbocycles. The minimum absolute atomic E-state index is 0.0699. The van der Waals surface area contributed by atoms with E-state index in [2.05, 4.69) is 37.9 Å². The summed E-state index contributed by atoms with van der Waals surface area (Å²) in [6, 6.07) is 5.99. The Bertz CT molecular complexity index is 477. The molecule has 96 valence electrons. The summed E-state index contributed by atoms with van der Waals surface area (Å²) < 4.78 is 10.6. The van der Waals surface area contributed by atoms with Gasteiger partial charge < -0.3 is 14.8 Å². The largest absolute Gasteiger partial charge is 0.454 e. The normalized spacial score (nSPS) is 13.1. The first-order chi connectivity index (χ1) is 8.54. The quantitative estimate of drug-likeness (QED) is 0.656. The average molecular weight is 245 g/mol. The summed E-state index contributed by atoms with van der Waals surface area (Å²) in [4.78, 5) is 0. The van der Waals surface area contributed by atoms with E-state index < -0.39 is 0 Å². The van der Waals surface area contributed by atoms with Gasteiger partial charge in [0.1, 0.15) is 0 Å². The molecule has 0 saturated heterocycles. The summed E-state index contributed by atoms with van der Waals surface area (Å²) in [6.45, 7) is 8.14. The molecular formula is C15H19NO2. The van der Waals surface area contributed by atoms with Crippen LogP contribution in [0.15, 0.2) is 18.2 Å². The van der Waals surface area contributed by atoms with Crippen molar-refractivity contribution in [3.63, 3.8) is 0 Å². The first-order valence-corrected chi connectivity index (χ1v) is 6.14. The summed E-state index contributed by atoms with van der Waals surface area (Å²) in [6.07, 6.45) is 0. The summed E-state index contributed by atoms with van der Waals surface area (Å²) in [5, 5.41) is 3.30. The third-order valence-corrected chi connectivity index (χ3v) is 2.44. The van der Waals surface area contributed by atoms with Crippen LogP contribution in [0, 0.1) is 17.3 Å². The molecule has 0 radical (unpaired) electrons. The van der Waals surface area contributed by atoms with Gasteiger partial charge in [0.25, 0.3) is 0 Å². The number of hydrogen-bond acceptors (Lipinski definition) is 3. The van der Waals surface area contributed by atoms with Crippen molar-refractivity contribution in [3.05, 3.63) is 23.8 Å². The lowest BCUT2D eigenvalue weighted by molar-refractivity contribution is 0.174. The van der Waals surface area contributed by atoms with Gasteiger partial charge in [-0.15, -0.1) is 0 Å². The van der Waals surface area contributed by atoms with Gasteiger partial charge in [-0.05, 0) is 38.5 Å². The molecule has 18 heavy (non-hydrogen) atoms. The molecule has 0 unspecified atom stereocenters. The fourth-order valence-electron chi connectivity index (χ4n) is 1.63. The SMILES string of the molecule is CC(C)(C)C#CCNCc1ccc2c(c1)OCO2. The first-order valence-electron chi connectivity index (χ1n) is 6.14. The second-order valence-corrected chi connectivity index (χ2v) is 5.34. The highest BCUT2D eigenvalue weighted by Gasteiger charge is 2.12. The van der Waals surface area contributed by atoms with Crippen molar-refractivity contribution >= 4 is 0 Å². The van der Waals surface area contributed by atoms with Crippen LogP contribution in [0.5, 0.6) is 11.5 Å². The van der Waals surface area contributed by atoms with Crippen molar-refractivity contribution in [3.8, 4) is 23.3 Å². The Morgan fingerprint density at radius 1 is 1.22 bits per heavy atom. The summed E-state index contributed by atoms with van der Waals surface area (Å²) in [7, 11) is 0. The Balaban J connectivity index is 1.82. The summed E-state index contributed by atoms with van der Waals surface area (Å²) in [5.41, 5.74) is 1.25. The van der Waals surface area contributed by atoms with E-state index in [1.165, 1.54) is 5.56 Å². The third kappa shape index (κ3) is 3.68. The number of fused-ring (bicyclic) bond motifs is 1. The predicted molar refractivity (Wildman–Crippen MR) is 71.5 cm³/mol. The van der Waals surface area contributed by atoms with E-state index in [1.807, 2.05) is 18.2 Å². The van der Waals surface area contributed by atoms with E-state index in [1.54, 1.807) is 0 Å². The number of hydrogen-bond donors (Lipinski definition) is 1. The first kappa shape index (κ1) is 12.8. The van der Waals surface area contributed by atoms with Crippen LogP contribution in [0.25, 0.3) is 0 Å². The molecule has 1 aliphatic heterocycles. The average Bonchev–Trinajstić information content (AvgIpc) is 2.74. The van der Waals surface area contributed by atoms with Crippen LogP contribution in [-0.4, -0.2) is 13.3 Å². The molecule has 3 heteroatoms. The molecule has 1 aromatic rings. The van der Waals surface area contributed by atoms with Gasteiger partial charge in [0.05, 0.1) is 6.54 Å². The van der Waals surface area contributed by atoms with Gasteiger partial charge in [-0.2, -0.15) is 0 Å². The zero-order valence-corrected chi connectivity index (χ0v) is 11.2. The molecule has 0 fully saturated rings. The van der Waals surface area contributed by atoms with Gasteiger partial charge in [-0.1, -0.05) is 17.9 Å². The van der Waals surface area contributed by atoms with Crippen molar-refractivity contribution in [2.75, 3.05) is 13.3 Å². The van der Waals surface area contributed by atoms with Gasteiger partial charge in [-0.25, -0.2) is 0 Å². The molecule has 3 nitrogen and oxygen atoms in total. The molecular weight excluding hydrogens is 226 g/mol. The van der Waals surface area contributed by atoms with E-state index in [0.29, 0.717) is 13.3 Å². The predicted octanol–water partition coefficient (Wildman–Crippen LogP) is 2.55. The fourth-order valence-corrected chi connectivity index (χ4v) is 1.63. The molecule has 2 rings (SSSR count). The van der Waals surface area contributed by atoms with Gasteiger partial charge in [0, 0.05) is 12.0 Å². The van der Waals surface area contributed by atoms with E-state index in [0.717, 1.165) is 18.0 Å². The van der Waals surface area contributed by atoms with Crippen molar-refractivity contribution in [1.29, 1.82) is 0 Å². The molecule has 1 N–H and O–H groups in total. The van der Waals surface area contributed by atoms with Crippen molar-refractivity contribution in [1.82, 2.24) is 5.32 Å². The maximum Gasteiger partial charge on any atom is 0.231 e. The molecule has 1 heterocycles. The zero-order valence-electron chi connectivity index (χ0n) is 11.2. The van der Waals surface area contributed by atoms with Crippen LogP contribution in [-0.2, 0) is 6.54 Å². The molecule has 0 aromatic heterocycles. The number of nitrogens with one attached hydrogen (secondary N) is 1. The summed E-state index contributed by atoms with van der Waals surface area (Å²) in [5.74, 6) is 7.98. The van der Waals surface area contributed by atoms with E-state index in [9.17, 15) is 0 Å². The lowest BCUT2D eigenvalue weighted by Gasteiger charge is -2.07. The Morgan fingerprint density at radius 3 is 2.78 bits per heavy atom. The Morgan fingerprint density at radius 2 is 2.00 bits per heavy atom. The van der Waals surface area contributed by atoms with Gasteiger partial charge in [0.15, 0.2) is 11.5 Å². The van der Waals surface area contributed by atoms with Gasteiger partial charge in [0.2, 0.25) is 6.79 Å². The monoisotopic (exact) mass is 245 g/mol. The minimum Gasteiger partial charge on any atom is -0.454 e. The van der Waals surface area contributed by atoms with Crippen molar-refractivity contribution in [2.45, 2.75) is 27.3 Å². The number of ether oxygens (including phenoxy) is 2. The minimum atomic E-state index is 0.0699. The highest BCUT2D eigenvalue weighted by atomic mass is 16.7. The maximum atomic E-state index is 5.33. The number of rotatable bonds is 3. The van der Waals surface area contributed by atoms with Crippen LogP contribution in [0.4, 0.5) is 0 Å². The standard InChI is InChI=1S/C15H19NO2/c1-15(2,3)7-4-8-16-10-12-5-6-13-14(9-12)18-11-17-13/h5-6,9,16H,8,10-11H2,1-3H3. The molecule has 0 amide bonds. The maximum absolute atomic E-state index is 5.33. The van der Waals surface area contributed by atoms with Crippen LogP contribution in [0.2, 0.25) is 0 Å². The van der Waals surface area contributed by atoms with Crippen LogP contribution in [0.3, 0.4) is 0 Å². The van der Waals surface area contributed by atoms with Crippen molar-refractivity contribution in [2.24, 2.45) is 5.41 Å². The molecule has 1 aromatic carbocycles. The van der Waals surface area contributed by atoms with E-state index in [-0.39, 0.29) is 5.41 Å². The van der Waals surface area contributed by atoms with Crippen LogP contribution < -0.4 is 14.8 Å². The molecule has 1 aliphatic rings. The smallest absolute Gasteiger partial charge is 0.231 e. The Hall–Kier alpha value is -1.66. The Labute approximate surface area is 108 Å². The lowest BCUT2D eigenvalue weighted by atomic mass is 9.98. The van der Waals surface area contributed by atoms with Crippen LogP contribution in [0.1, 0.15) is 26.3 Å². The molecule has 0 bridgehead atoms.